The Morgan fingerprint density at radius 1 is 1.47 bits per heavy atom. The van der Waals surface area contributed by atoms with Gasteiger partial charge in [-0.3, -0.25) is 5.41 Å². The van der Waals surface area contributed by atoms with Crippen LogP contribution >= 0.6 is 0 Å². The Hall–Kier alpha value is -0.790. The molecule has 0 aliphatic rings. The molecule has 0 aliphatic heterocycles. The van der Waals surface area contributed by atoms with Crippen LogP contribution in [0.25, 0.3) is 0 Å². The number of hydrogen-bond acceptors (Lipinski definition) is 1. The van der Waals surface area contributed by atoms with Crippen LogP contribution in [-0.4, -0.2) is 24.3 Å². The molecule has 0 amide bonds. The zero-order valence-electron chi connectivity index (χ0n) is 10.8. The maximum absolute atomic E-state index is 7.44. The van der Waals surface area contributed by atoms with Gasteiger partial charge in [0.05, 0.1) is 5.84 Å². The number of allylic oxidation sites excluding steroid dienone is 1. The molecule has 15 heavy (non-hydrogen) atoms. The molecular weight excluding hydrogens is 184 g/mol. The third-order valence-corrected chi connectivity index (χ3v) is 2.98. The fourth-order valence-corrected chi connectivity index (χ4v) is 1.59. The number of nitrogens with zero attached hydrogens (tertiary/aromatic N) is 1. The molecule has 0 aromatic carbocycles. The van der Waals surface area contributed by atoms with E-state index < -0.39 is 0 Å². The first-order chi connectivity index (χ1) is 6.99. The van der Waals surface area contributed by atoms with Crippen molar-refractivity contribution in [2.24, 2.45) is 5.92 Å². The smallest absolute Gasteiger partial charge is 0.0923 e. The molecule has 0 radical (unpaired) electrons. The van der Waals surface area contributed by atoms with E-state index in [-0.39, 0.29) is 0 Å². The predicted molar refractivity (Wildman–Crippen MR) is 68.5 cm³/mol. The molecule has 0 saturated carbocycles. The van der Waals surface area contributed by atoms with Crippen molar-refractivity contribution >= 4 is 5.84 Å². The molecule has 1 unspecified atom stereocenters. The molecule has 0 aliphatic carbocycles. The van der Waals surface area contributed by atoms with Crippen molar-refractivity contribution in [3.05, 3.63) is 12.2 Å². The molecule has 2 heteroatoms. The van der Waals surface area contributed by atoms with E-state index >= 15 is 0 Å². The lowest BCUT2D eigenvalue weighted by Crippen LogP contribution is -2.24. The highest BCUT2D eigenvalue weighted by Crippen LogP contribution is 2.19. The Balaban J connectivity index is 3.67. The summed E-state index contributed by atoms with van der Waals surface area (Å²) in [5.41, 5.74) is 1.37. The van der Waals surface area contributed by atoms with E-state index in [9.17, 15) is 0 Å². The van der Waals surface area contributed by atoms with Gasteiger partial charge >= 0.3 is 0 Å². The maximum atomic E-state index is 7.44. The lowest BCUT2D eigenvalue weighted by atomic mass is 9.94. The fraction of sp³-hybridized carbons (Fsp3) is 0.769. The fourth-order valence-electron chi connectivity index (χ4n) is 1.59. The summed E-state index contributed by atoms with van der Waals surface area (Å²) in [5.74, 6) is 1.30. The van der Waals surface area contributed by atoms with E-state index in [1.807, 2.05) is 18.9 Å². The van der Waals surface area contributed by atoms with Crippen LogP contribution in [0.4, 0.5) is 0 Å². The minimum absolute atomic E-state index is 0.641. The molecule has 2 nitrogen and oxygen atoms in total. The minimum atomic E-state index is 0.641. The Labute approximate surface area is 94.9 Å². The van der Waals surface area contributed by atoms with Crippen molar-refractivity contribution in [3.63, 3.8) is 0 Å². The summed E-state index contributed by atoms with van der Waals surface area (Å²) in [6, 6.07) is 0. The molecule has 0 aromatic rings. The van der Waals surface area contributed by atoms with Crippen molar-refractivity contribution in [2.45, 2.75) is 46.5 Å². The molecular formula is C13H26N2. The molecule has 0 rings (SSSR count). The zero-order chi connectivity index (χ0) is 11.8. The Morgan fingerprint density at radius 2 is 2.07 bits per heavy atom. The van der Waals surface area contributed by atoms with Gasteiger partial charge in [0.2, 0.25) is 0 Å². The summed E-state index contributed by atoms with van der Waals surface area (Å²) >= 11 is 0. The summed E-state index contributed by atoms with van der Waals surface area (Å²) in [6.07, 6.45) is 4.69. The van der Waals surface area contributed by atoms with E-state index in [0.29, 0.717) is 11.8 Å². The van der Waals surface area contributed by atoms with E-state index in [2.05, 4.69) is 20.4 Å². The molecule has 88 valence electrons. The normalized spacial score (nSPS) is 12.3. The third kappa shape index (κ3) is 6.32. The average molecular weight is 210 g/mol. The molecule has 0 spiro atoms. The highest BCUT2D eigenvalue weighted by molar-refractivity contribution is 5.75. The van der Waals surface area contributed by atoms with Crippen LogP contribution in [0, 0.1) is 11.3 Å². The zero-order valence-corrected chi connectivity index (χ0v) is 10.8. The second-order valence-corrected chi connectivity index (χ2v) is 4.46. The summed E-state index contributed by atoms with van der Waals surface area (Å²) in [5, 5.41) is 7.44. The van der Waals surface area contributed by atoms with Gasteiger partial charge in [0.1, 0.15) is 0 Å². The largest absolute Gasteiger partial charge is 0.364 e. The van der Waals surface area contributed by atoms with Gasteiger partial charge in [0.15, 0.2) is 0 Å². The van der Waals surface area contributed by atoms with Gasteiger partial charge in [-0.05, 0) is 32.1 Å². The maximum Gasteiger partial charge on any atom is 0.0923 e. The number of rotatable bonds is 7. The van der Waals surface area contributed by atoms with Gasteiger partial charge in [-0.2, -0.15) is 0 Å². The number of hydrogen-bond donors (Lipinski definition) is 1. The number of amidine groups is 1. The predicted octanol–water partition coefficient (Wildman–Crippen LogP) is 3.69. The van der Waals surface area contributed by atoms with Gasteiger partial charge in [-0.1, -0.05) is 32.4 Å². The third-order valence-electron chi connectivity index (χ3n) is 2.98. The summed E-state index contributed by atoms with van der Waals surface area (Å²) in [4.78, 5) is 1.98. The quantitative estimate of drug-likeness (QED) is 0.387. The first-order valence-electron chi connectivity index (χ1n) is 5.93. The lowest BCUT2D eigenvalue weighted by Gasteiger charge is -2.19. The Bertz CT molecular complexity index is 209. The molecule has 0 bridgehead atoms. The van der Waals surface area contributed by atoms with Crippen molar-refractivity contribution in [2.75, 3.05) is 13.6 Å². The SMILES string of the molecule is C=C(CCCN(C)C(C)=N)C(C)CCC. The van der Waals surface area contributed by atoms with Gasteiger partial charge < -0.3 is 4.90 Å². The monoisotopic (exact) mass is 210 g/mol. The summed E-state index contributed by atoms with van der Waals surface area (Å²) < 4.78 is 0. The molecule has 0 aromatic heterocycles. The highest BCUT2D eigenvalue weighted by Gasteiger charge is 2.06. The summed E-state index contributed by atoms with van der Waals surface area (Å²) in [7, 11) is 1.97. The van der Waals surface area contributed by atoms with Crippen molar-refractivity contribution in [1.82, 2.24) is 4.90 Å². The van der Waals surface area contributed by atoms with Gasteiger partial charge in [-0.25, -0.2) is 0 Å². The van der Waals surface area contributed by atoms with Gasteiger partial charge in [-0.15, -0.1) is 0 Å². The van der Waals surface area contributed by atoms with Gasteiger partial charge in [0.25, 0.3) is 0 Å². The Kier molecular flexibility index (Phi) is 7.10. The molecule has 0 fully saturated rings. The molecule has 1 N–H and O–H groups in total. The van der Waals surface area contributed by atoms with E-state index in [0.717, 1.165) is 19.4 Å². The second kappa shape index (κ2) is 7.49. The van der Waals surface area contributed by atoms with Crippen LogP contribution in [0.5, 0.6) is 0 Å². The van der Waals surface area contributed by atoms with Gasteiger partial charge in [0, 0.05) is 13.6 Å². The van der Waals surface area contributed by atoms with Crippen LogP contribution in [0.3, 0.4) is 0 Å². The summed E-state index contributed by atoms with van der Waals surface area (Å²) in [6.45, 7) is 11.4. The van der Waals surface area contributed by atoms with E-state index in [4.69, 9.17) is 5.41 Å². The van der Waals surface area contributed by atoms with Crippen LogP contribution in [0.15, 0.2) is 12.2 Å². The first-order valence-corrected chi connectivity index (χ1v) is 5.93. The van der Waals surface area contributed by atoms with E-state index in [1.165, 1.54) is 18.4 Å². The van der Waals surface area contributed by atoms with Crippen LogP contribution < -0.4 is 0 Å². The topological polar surface area (TPSA) is 27.1 Å². The van der Waals surface area contributed by atoms with Crippen LogP contribution in [-0.2, 0) is 0 Å². The Morgan fingerprint density at radius 3 is 2.53 bits per heavy atom. The van der Waals surface area contributed by atoms with E-state index in [1.54, 1.807) is 0 Å². The van der Waals surface area contributed by atoms with Crippen molar-refractivity contribution in [3.8, 4) is 0 Å². The molecule has 0 heterocycles. The number of nitrogens with one attached hydrogen (secondary N) is 1. The lowest BCUT2D eigenvalue weighted by molar-refractivity contribution is 0.471. The molecule has 1 atom stereocenters. The van der Waals surface area contributed by atoms with Crippen molar-refractivity contribution in [1.29, 1.82) is 5.41 Å². The molecule has 0 saturated heterocycles. The van der Waals surface area contributed by atoms with Crippen molar-refractivity contribution < 1.29 is 0 Å². The minimum Gasteiger partial charge on any atom is -0.364 e. The van der Waals surface area contributed by atoms with Crippen LogP contribution in [0.1, 0.15) is 46.5 Å². The standard InChI is InChI=1S/C13H26N2/c1-6-8-11(2)12(3)9-7-10-15(5)13(4)14/h11,14H,3,6-10H2,1-2,4-5H3. The highest BCUT2D eigenvalue weighted by atomic mass is 15.1. The van der Waals surface area contributed by atoms with Crippen LogP contribution in [0.2, 0.25) is 0 Å². The average Bonchev–Trinajstić information content (AvgIpc) is 2.17. The first kappa shape index (κ1) is 14.2. The second-order valence-electron chi connectivity index (χ2n) is 4.46.